The Hall–Kier alpha value is -1.57. The third kappa shape index (κ3) is 4.90. The highest BCUT2D eigenvalue weighted by Crippen LogP contribution is 2.26. The largest absolute Gasteiger partial charge is 0.233 e. The number of hydrogen-bond donors (Lipinski definition) is 1. The second-order valence-corrected chi connectivity index (χ2v) is 5.18. The molecule has 19 heavy (non-hydrogen) atoms. The fourth-order valence-corrected chi connectivity index (χ4v) is 2.37. The first-order valence-corrected chi connectivity index (χ1v) is 7.41. The Kier molecular flexibility index (Phi) is 6.94. The van der Waals surface area contributed by atoms with Crippen molar-refractivity contribution in [1.29, 1.82) is 0 Å². The summed E-state index contributed by atoms with van der Waals surface area (Å²) in [5, 5.41) is 1.83. The predicted octanol–water partition coefficient (Wildman–Crippen LogP) is 4.15. The van der Waals surface area contributed by atoms with Gasteiger partial charge in [-0.3, -0.25) is 0 Å². The SMILES string of the molecule is C#CN(N)c1nc2ccccc2s1.CCCCCC. The van der Waals surface area contributed by atoms with Crippen molar-refractivity contribution in [1.82, 2.24) is 4.98 Å². The van der Waals surface area contributed by atoms with Crippen LogP contribution in [-0.4, -0.2) is 4.98 Å². The first-order chi connectivity index (χ1) is 9.22. The van der Waals surface area contributed by atoms with E-state index in [4.69, 9.17) is 12.3 Å². The van der Waals surface area contributed by atoms with Gasteiger partial charge in [0.1, 0.15) is 0 Å². The van der Waals surface area contributed by atoms with Crippen molar-refractivity contribution < 1.29 is 0 Å². The van der Waals surface area contributed by atoms with E-state index >= 15 is 0 Å². The Labute approximate surface area is 119 Å². The highest BCUT2D eigenvalue weighted by atomic mass is 32.1. The number of nitrogens with zero attached hydrogens (tertiary/aromatic N) is 2. The Bertz CT molecular complexity index is 490. The number of hydrazine groups is 1. The minimum atomic E-state index is 0.642. The smallest absolute Gasteiger partial charge is 0.213 e. The lowest BCUT2D eigenvalue weighted by atomic mass is 10.2. The quantitative estimate of drug-likeness (QED) is 0.299. The number of benzene rings is 1. The summed E-state index contributed by atoms with van der Waals surface area (Å²) in [5.74, 6) is 5.50. The molecule has 1 heterocycles. The summed E-state index contributed by atoms with van der Waals surface area (Å²) < 4.78 is 1.09. The van der Waals surface area contributed by atoms with Crippen LogP contribution in [0.1, 0.15) is 39.5 Å². The summed E-state index contributed by atoms with van der Waals surface area (Å²) in [6, 6.07) is 10.1. The molecule has 0 fully saturated rings. The van der Waals surface area contributed by atoms with Crippen LogP contribution in [0.5, 0.6) is 0 Å². The van der Waals surface area contributed by atoms with Crippen LogP contribution in [0.25, 0.3) is 10.2 Å². The fourth-order valence-electron chi connectivity index (χ4n) is 1.52. The molecule has 0 aliphatic rings. The van der Waals surface area contributed by atoms with Gasteiger partial charge in [-0.25, -0.2) is 15.8 Å². The molecule has 0 amide bonds. The van der Waals surface area contributed by atoms with Crippen molar-refractivity contribution in [2.45, 2.75) is 39.5 Å². The third-order valence-electron chi connectivity index (χ3n) is 2.58. The molecular weight excluding hydrogens is 254 g/mol. The van der Waals surface area contributed by atoms with Crippen molar-refractivity contribution in [3.8, 4) is 12.5 Å². The molecule has 0 radical (unpaired) electrons. The number of thiazole rings is 1. The van der Waals surface area contributed by atoms with Gasteiger partial charge in [-0.1, -0.05) is 69.4 Å². The van der Waals surface area contributed by atoms with Gasteiger partial charge in [0, 0.05) is 6.04 Å². The summed E-state index contributed by atoms with van der Waals surface area (Å²) in [4.78, 5) is 4.26. The Balaban J connectivity index is 0.000000258. The molecule has 0 bridgehead atoms. The molecule has 2 rings (SSSR count). The zero-order valence-electron chi connectivity index (χ0n) is 11.6. The molecule has 2 N–H and O–H groups in total. The molecule has 0 unspecified atom stereocenters. The van der Waals surface area contributed by atoms with Crippen LogP contribution in [-0.2, 0) is 0 Å². The number of terminal acetylenes is 1. The molecular formula is C15H21N3S. The van der Waals surface area contributed by atoms with Gasteiger partial charge in [0.2, 0.25) is 5.13 Å². The Morgan fingerprint density at radius 2 is 1.89 bits per heavy atom. The molecule has 3 nitrogen and oxygen atoms in total. The number of para-hydroxylation sites is 1. The number of fused-ring (bicyclic) bond motifs is 1. The summed E-state index contributed by atoms with van der Waals surface area (Å²) >= 11 is 1.48. The van der Waals surface area contributed by atoms with Crippen molar-refractivity contribution in [3.63, 3.8) is 0 Å². The average molecular weight is 275 g/mol. The Morgan fingerprint density at radius 1 is 1.26 bits per heavy atom. The van der Waals surface area contributed by atoms with Crippen LogP contribution in [0.15, 0.2) is 24.3 Å². The van der Waals surface area contributed by atoms with Crippen molar-refractivity contribution in [2.24, 2.45) is 5.84 Å². The number of rotatable bonds is 4. The number of anilines is 1. The van der Waals surface area contributed by atoms with Crippen LogP contribution in [0.4, 0.5) is 5.13 Å². The van der Waals surface area contributed by atoms with E-state index < -0.39 is 0 Å². The number of nitrogens with two attached hydrogens (primary N) is 1. The van der Waals surface area contributed by atoms with Crippen molar-refractivity contribution >= 4 is 26.7 Å². The van der Waals surface area contributed by atoms with E-state index in [9.17, 15) is 0 Å². The van der Waals surface area contributed by atoms with Gasteiger partial charge in [0.25, 0.3) is 0 Å². The lowest BCUT2D eigenvalue weighted by Crippen LogP contribution is -2.23. The first-order valence-electron chi connectivity index (χ1n) is 6.59. The molecule has 1 aromatic carbocycles. The van der Waals surface area contributed by atoms with Crippen LogP contribution < -0.4 is 10.9 Å². The minimum Gasteiger partial charge on any atom is -0.233 e. The van der Waals surface area contributed by atoms with Gasteiger partial charge >= 0.3 is 0 Å². The number of hydrogen-bond acceptors (Lipinski definition) is 4. The maximum atomic E-state index is 5.50. The molecule has 0 aliphatic carbocycles. The number of aromatic nitrogens is 1. The van der Waals surface area contributed by atoms with E-state index in [1.54, 1.807) is 0 Å². The predicted molar refractivity (Wildman–Crippen MR) is 84.9 cm³/mol. The summed E-state index contributed by atoms with van der Waals surface area (Å²) in [5.41, 5.74) is 0.924. The molecule has 0 saturated carbocycles. The van der Waals surface area contributed by atoms with Crippen LogP contribution in [0.3, 0.4) is 0 Å². The highest BCUT2D eigenvalue weighted by molar-refractivity contribution is 7.22. The molecule has 2 aromatic rings. The van der Waals surface area contributed by atoms with Gasteiger partial charge in [-0.05, 0) is 12.1 Å². The van der Waals surface area contributed by atoms with Gasteiger partial charge in [0.15, 0.2) is 0 Å². The normalized spacial score (nSPS) is 9.58. The zero-order valence-corrected chi connectivity index (χ0v) is 12.4. The fraction of sp³-hybridized carbons (Fsp3) is 0.400. The molecule has 0 aliphatic heterocycles. The molecule has 0 atom stereocenters. The van der Waals surface area contributed by atoms with Gasteiger partial charge < -0.3 is 0 Å². The van der Waals surface area contributed by atoms with Gasteiger partial charge in [-0.15, -0.1) is 0 Å². The molecule has 1 aromatic heterocycles. The van der Waals surface area contributed by atoms with E-state index in [-0.39, 0.29) is 0 Å². The zero-order chi connectivity index (χ0) is 14.1. The topological polar surface area (TPSA) is 42.1 Å². The van der Waals surface area contributed by atoms with Crippen LogP contribution >= 0.6 is 11.3 Å². The second kappa shape index (κ2) is 8.52. The van der Waals surface area contributed by atoms with Crippen molar-refractivity contribution in [2.75, 3.05) is 5.01 Å². The molecule has 102 valence electrons. The van der Waals surface area contributed by atoms with E-state index in [1.165, 1.54) is 42.0 Å². The average Bonchev–Trinajstić information content (AvgIpc) is 2.88. The monoisotopic (exact) mass is 275 g/mol. The summed E-state index contributed by atoms with van der Waals surface area (Å²) in [6.07, 6.45) is 10.7. The maximum Gasteiger partial charge on any atom is 0.213 e. The second-order valence-electron chi connectivity index (χ2n) is 4.17. The molecule has 4 heteroatoms. The van der Waals surface area contributed by atoms with E-state index in [0.29, 0.717) is 5.13 Å². The summed E-state index contributed by atoms with van der Waals surface area (Å²) in [7, 11) is 0. The van der Waals surface area contributed by atoms with Gasteiger partial charge in [0.05, 0.1) is 10.2 Å². The summed E-state index contributed by atoms with van der Waals surface area (Å²) in [6.45, 7) is 4.46. The lowest BCUT2D eigenvalue weighted by Gasteiger charge is -2.02. The number of unbranched alkanes of at least 4 members (excludes halogenated alkanes) is 3. The minimum absolute atomic E-state index is 0.642. The molecule has 0 spiro atoms. The molecule has 0 saturated heterocycles. The maximum absolute atomic E-state index is 5.50. The third-order valence-corrected chi connectivity index (χ3v) is 3.62. The van der Waals surface area contributed by atoms with Crippen LogP contribution in [0.2, 0.25) is 0 Å². The Morgan fingerprint density at radius 3 is 2.42 bits per heavy atom. The van der Waals surface area contributed by atoms with Gasteiger partial charge in [-0.2, -0.15) is 0 Å². The van der Waals surface area contributed by atoms with Crippen molar-refractivity contribution in [3.05, 3.63) is 24.3 Å². The standard InChI is InChI=1S/C9H7N3S.C6H14/c1-2-12(10)9-11-7-5-3-4-6-8(7)13-9;1-3-5-6-4-2/h1,3-6H,10H2;3-6H2,1-2H3. The highest BCUT2D eigenvalue weighted by Gasteiger charge is 2.05. The van der Waals surface area contributed by atoms with E-state index in [0.717, 1.165) is 10.2 Å². The van der Waals surface area contributed by atoms with Crippen LogP contribution in [0, 0.1) is 12.5 Å². The van der Waals surface area contributed by atoms with E-state index in [1.807, 2.05) is 24.3 Å². The van der Waals surface area contributed by atoms with E-state index in [2.05, 4.69) is 24.9 Å². The lowest BCUT2D eigenvalue weighted by molar-refractivity contribution is 0.702. The first kappa shape index (κ1) is 15.5.